The molecule has 7 heteroatoms. The van der Waals surface area contributed by atoms with Gasteiger partial charge in [-0.25, -0.2) is 9.59 Å². The number of hydrogen-bond acceptors (Lipinski definition) is 4. The molecule has 0 aliphatic heterocycles. The first-order valence-corrected chi connectivity index (χ1v) is 8.33. The molecule has 0 aromatic heterocycles. The SMILES string of the molecule is CC(C)(C)OC(=O)N[C@@H](Cc1ccc(OCCBr)cc1)C(=O)O. The maximum Gasteiger partial charge on any atom is 0.408 e. The molecule has 1 amide bonds. The first-order chi connectivity index (χ1) is 10.7. The predicted molar refractivity (Wildman–Crippen MR) is 90.2 cm³/mol. The lowest BCUT2D eigenvalue weighted by atomic mass is 10.1. The molecule has 128 valence electrons. The summed E-state index contributed by atoms with van der Waals surface area (Å²) in [6.45, 7) is 5.70. The molecular weight excluding hydrogens is 366 g/mol. The zero-order valence-electron chi connectivity index (χ0n) is 13.5. The van der Waals surface area contributed by atoms with E-state index in [9.17, 15) is 14.7 Å². The summed E-state index contributed by atoms with van der Waals surface area (Å²) in [5.41, 5.74) is 0.0984. The maximum atomic E-state index is 11.7. The molecule has 0 bridgehead atoms. The minimum Gasteiger partial charge on any atom is -0.493 e. The van der Waals surface area contributed by atoms with Crippen molar-refractivity contribution in [2.24, 2.45) is 0 Å². The van der Waals surface area contributed by atoms with Gasteiger partial charge in [-0.05, 0) is 38.5 Å². The van der Waals surface area contributed by atoms with E-state index >= 15 is 0 Å². The van der Waals surface area contributed by atoms with Crippen molar-refractivity contribution in [3.63, 3.8) is 0 Å². The summed E-state index contributed by atoms with van der Waals surface area (Å²) in [7, 11) is 0. The molecule has 23 heavy (non-hydrogen) atoms. The molecule has 0 aliphatic carbocycles. The predicted octanol–water partition coefficient (Wildman–Crippen LogP) is 2.98. The molecule has 1 atom stereocenters. The van der Waals surface area contributed by atoms with Crippen LogP contribution in [0.4, 0.5) is 4.79 Å². The van der Waals surface area contributed by atoms with Gasteiger partial charge in [0.15, 0.2) is 0 Å². The van der Waals surface area contributed by atoms with Gasteiger partial charge in [0, 0.05) is 11.8 Å². The van der Waals surface area contributed by atoms with E-state index in [2.05, 4.69) is 21.2 Å². The Labute approximate surface area is 144 Å². The van der Waals surface area contributed by atoms with E-state index in [1.54, 1.807) is 45.0 Å². The third-order valence-electron chi connectivity index (χ3n) is 2.70. The average Bonchev–Trinajstić information content (AvgIpc) is 2.43. The van der Waals surface area contributed by atoms with E-state index in [1.807, 2.05) is 0 Å². The van der Waals surface area contributed by atoms with Gasteiger partial charge in [0.1, 0.15) is 17.4 Å². The highest BCUT2D eigenvalue weighted by Gasteiger charge is 2.24. The van der Waals surface area contributed by atoms with Crippen molar-refractivity contribution in [2.45, 2.75) is 38.8 Å². The van der Waals surface area contributed by atoms with Crippen LogP contribution in [0.25, 0.3) is 0 Å². The summed E-state index contributed by atoms with van der Waals surface area (Å²) in [6.07, 6.45) is -0.588. The Morgan fingerprint density at radius 2 is 1.87 bits per heavy atom. The van der Waals surface area contributed by atoms with Gasteiger partial charge in [0.25, 0.3) is 0 Å². The van der Waals surface area contributed by atoms with Gasteiger partial charge in [-0.2, -0.15) is 0 Å². The number of alkyl carbamates (subject to hydrolysis) is 1. The summed E-state index contributed by atoms with van der Waals surface area (Å²) < 4.78 is 10.5. The van der Waals surface area contributed by atoms with Crippen LogP contribution in [-0.2, 0) is 16.0 Å². The van der Waals surface area contributed by atoms with Gasteiger partial charge in [-0.15, -0.1) is 0 Å². The normalized spacial score (nSPS) is 12.3. The summed E-state index contributed by atoms with van der Waals surface area (Å²) in [4.78, 5) is 23.0. The lowest BCUT2D eigenvalue weighted by molar-refractivity contribution is -0.139. The topological polar surface area (TPSA) is 84.9 Å². The second-order valence-corrected chi connectivity index (χ2v) is 6.72. The van der Waals surface area contributed by atoms with Crippen LogP contribution in [0, 0.1) is 0 Å². The maximum absolute atomic E-state index is 11.7. The third-order valence-corrected chi connectivity index (χ3v) is 3.02. The van der Waals surface area contributed by atoms with E-state index in [0.717, 1.165) is 10.9 Å². The monoisotopic (exact) mass is 387 g/mol. The zero-order chi connectivity index (χ0) is 17.5. The van der Waals surface area contributed by atoms with Gasteiger partial charge < -0.3 is 19.9 Å². The number of nitrogens with one attached hydrogen (secondary N) is 1. The highest BCUT2D eigenvalue weighted by Crippen LogP contribution is 2.14. The third kappa shape index (κ3) is 7.88. The zero-order valence-corrected chi connectivity index (χ0v) is 15.1. The van der Waals surface area contributed by atoms with Crippen LogP contribution in [0.1, 0.15) is 26.3 Å². The summed E-state index contributed by atoms with van der Waals surface area (Å²) in [5.74, 6) is -0.407. The number of hydrogen-bond donors (Lipinski definition) is 2. The minimum atomic E-state index is -1.12. The van der Waals surface area contributed by atoms with Crippen molar-refractivity contribution >= 4 is 28.0 Å². The van der Waals surface area contributed by atoms with Crippen molar-refractivity contribution in [3.8, 4) is 5.75 Å². The molecule has 1 rings (SSSR count). The van der Waals surface area contributed by atoms with Gasteiger partial charge in [0.05, 0.1) is 6.61 Å². The first-order valence-electron chi connectivity index (χ1n) is 7.21. The number of benzene rings is 1. The molecule has 0 heterocycles. The van der Waals surface area contributed by atoms with Crippen LogP contribution in [0.3, 0.4) is 0 Å². The molecule has 0 fully saturated rings. The molecular formula is C16H22BrNO5. The minimum absolute atomic E-state index is 0.160. The molecule has 0 saturated carbocycles. The Balaban J connectivity index is 2.65. The van der Waals surface area contributed by atoms with Crippen LogP contribution in [0.5, 0.6) is 5.75 Å². The largest absolute Gasteiger partial charge is 0.493 e. The molecule has 6 nitrogen and oxygen atoms in total. The van der Waals surface area contributed by atoms with E-state index in [4.69, 9.17) is 9.47 Å². The highest BCUT2D eigenvalue weighted by molar-refractivity contribution is 9.09. The first kappa shape index (κ1) is 19.3. The second-order valence-electron chi connectivity index (χ2n) is 5.92. The van der Waals surface area contributed by atoms with Crippen molar-refractivity contribution in [1.82, 2.24) is 5.32 Å². The molecule has 0 saturated heterocycles. The number of rotatable bonds is 7. The van der Waals surface area contributed by atoms with Crippen LogP contribution in [-0.4, -0.2) is 40.7 Å². The standard InChI is InChI=1S/C16H22BrNO5/c1-16(2,3)23-15(21)18-13(14(19)20)10-11-4-6-12(7-5-11)22-9-8-17/h4-7,13H,8-10H2,1-3H3,(H,18,21)(H,19,20)/t13-/m0/s1. The van der Waals surface area contributed by atoms with E-state index in [1.165, 1.54) is 0 Å². The van der Waals surface area contributed by atoms with Crippen molar-refractivity contribution in [1.29, 1.82) is 0 Å². The number of carbonyl (C=O) groups excluding carboxylic acids is 1. The number of amides is 1. The summed E-state index contributed by atoms with van der Waals surface area (Å²) in [5, 5.41) is 12.4. The lowest BCUT2D eigenvalue weighted by Crippen LogP contribution is -2.44. The van der Waals surface area contributed by atoms with Crippen LogP contribution in [0.2, 0.25) is 0 Å². The average molecular weight is 388 g/mol. The lowest BCUT2D eigenvalue weighted by Gasteiger charge is -2.22. The Kier molecular flexibility index (Phi) is 7.35. The molecule has 1 aromatic carbocycles. The molecule has 0 unspecified atom stereocenters. The molecule has 0 aliphatic rings. The van der Waals surface area contributed by atoms with Gasteiger partial charge in [0.2, 0.25) is 0 Å². The molecule has 2 N–H and O–H groups in total. The van der Waals surface area contributed by atoms with Crippen molar-refractivity contribution < 1.29 is 24.2 Å². The fourth-order valence-electron chi connectivity index (χ4n) is 1.76. The van der Waals surface area contributed by atoms with E-state index in [0.29, 0.717) is 12.4 Å². The van der Waals surface area contributed by atoms with Crippen molar-refractivity contribution in [3.05, 3.63) is 29.8 Å². The smallest absolute Gasteiger partial charge is 0.408 e. The number of ether oxygens (including phenoxy) is 2. The summed E-state index contributed by atoms with van der Waals surface area (Å²) >= 11 is 3.27. The van der Waals surface area contributed by atoms with Crippen LogP contribution in [0.15, 0.2) is 24.3 Å². The molecule has 0 radical (unpaired) electrons. The second kappa shape index (κ2) is 8.76. The molecule has 0 spiro atoms. The Morgan fingerprint density at radius 1 is 1.26 bits per heavy atom. The Bertz CT molecular complexity index is 524. The number of aliphatic carboxylic acids is 1. The Hall–Kier alpha value is -1.76. The van der Waals surface area contributed by atoms with Crippen LogP contribution >= 0.6 is 15.9 Å². The highest BCUT2D eigenvalue weighted by atomic mass is 79.9. The fourth-order valence-corrected chi connectivity index (χ4v) is 1.93. The van der Waals surface area contributed by atoms with Gasteiger partial charge in [-0.1, -0.05) is 28.1 Å². The van der Waals surface area contributed by atoms with Crippen LogP contribution < -0.4 is 10.1 Å². The van der Waals surface area contributed by atoms with E-state index in [-0.39, 0.29) is 6.42 Å². The van der Waals surface area contributed by atoms with Gasteiger partial charge in [-0.3, -0.25) is 0 Å². The number of halogens is 1. The van der Waals surface area contributed by atoms with Crippen molar-refractivity contribution in [2.75, 3.05) is 11.9 Å². The number of carbonyl (C=O) groups is 2. The van der Waals surface area contributed by atoms with E-state index < -0.39 is 23.7 Å². The number of carboxylic acids is 1. The fraction of sp³-hybridized carbons (Fsp3) is 0.500. The molecule has 1 aromatic rings. The number of alkyl halides is 1. The quantitative estimate of drug-likeness (QED) is 0.702. The number of carboxylic acid groups (broad SMARTS) is 1. The summed E-state index contributed by atoms with van der Waals surface area (Å²) in [6, 6.07) is 6.03. The Morgan fingerprint density at radius 3 is 2.35 bits per heavy atom. The van der Waals surface area contributed by atoms with Gasteiger partial charge >= 0.3 is 12.1 Å².